The van der Waals surface area contributed by atoms with E-state index in [1.165, 1.54) is 30.9 Å². The van der Waals surface area contributed by atoms with E-state index in [1.54, 1.807) is 30.3 Å². The molecule has 0 aromatic heterocycles. The summed E-state index contributed by atoms with van der Waals surface area (Å²) in [5, 5.41) is 11.5. The van der Waals surface area contributed by atoms with Gasteiger partial charge < -0.3 is 47.1 Å². The van der Waals surface area contributed by atoms with Crippen molar-refractivity contribution in [2.45, 2.75) is 129 Å². The van der Waals surface area contributed by atoms with E-state index >= 15 is 0 Å². The van der Waals surface area contributed by atoms with Gasteiger partial charge in [-0.15, -0.1) is 0 Å². The lowest BCUT2D eigenvalue weighted by Gasteiger charge is -2.31. The molecule has 4 rings (SSSR count). The van der Waals surface area contributed by atoms with Crippen LogP contribution in [-0.2, 0) is 36.9 Å². The minimum Gasteiger partial charge on any atom is -0.489 e. The molecular formula is C50H70N8O8. The Hall–Kier alpha value is -6.45. The van der Waals surface area contributed by atoms with Gasteiger partial charge in [0.05, 0.1) is 7.11 Å². The molecule has 0 bridgehead atoms. The number of unbranched alkanes of at least 4 members (excludes halogenated alkanes) is 5. The molecule has 1 aliphatic rings. The van der Waals surface area contributed by atoms with E-state index in [0.717, 1.165) is 31.2 Å². The molecule has 5 amide bonds. The lowest BCUT2D eigenvalue weighted by Crippen LogP contribution is -2.58. The second-order valence-electron chi connectivity index (χ2n) is 17.2. The second-order valence-corrected chi connectivity index (χ2v) is 17.2. The van der Waals surface area contributed by atoms with Crippen molar-refractivity contribution in [1.82, 2.24) is 26.2 Å². The molecule has 16 nitrogen and oxygen atoms in total. The minimum absolute atomic E-state index is 0.0468. The third-order valence-electron chi connectivity index (χ3n) is 11.3. The number of aliphatic imine (C=N–C) groups is 1. The maximum Gasteiger partial charge on any atom is 0.328 e. The van der Waals surface area contributed by atoms with Gasteiger partial charge >= 0.3 is 5.97 Å². The quantitative estimate of drug-likeness (QED) is 0.0261. The molecule has 3 aromatic rings. The number of carbonyl (C=O) groups excluding carboxylic acids is 6. The van der Waals surface area contributed by atoms with Crippen molar-refractivity contribution in [1.29, 1.82) is 0 Å². The highest BCUT2D eigenvalue weighted by molar-refractivity contribution is 6.02. The normalized spacial score (nSPS) is 14.6. The first kappa shape index (κ1) is 52.2. The maximum absolute atomic E-state index is 14.5. The van der Waals surface area contributed by atoms with Crippen LogP contribution in [0.5, 0.6) is 5.75 Å². The van der Waals surface area contributed by atoms with E-state index in [-0.39, 0.29) is 55.7 Å². The molecular weight excluding hydrogens is 841 g/mol. The van der Waals surface area contributed by atoms with Crippen molar-refractivity contribution in [3.8, 4) is 5.75 Å². The van der Waals surface area contributed by atoms with Crippen LogP contribution in [0.1, 0.15) is 123 Å². The van der Waals surface area contributed by atoms with E-state index in [2.05, 4.69) is 33.2 Å². The zero-order chi connectivity index (χ0) is 47.8. The van der Waals surface area contributed by atoms with Gasteiger partial charge in [-0.25, -0.2) is 4.79 Å². The first-order chi connectivity index (χ1) is 31.8. The summed E-state index contributed by atoms with van der Waals surface area (Å²) in [7, 11) is 1.22. The third-order valence-corrected chi connectivity index (χ3v) is 11.3. The van der Waals surface area contributed by atoms with Crippen LogP contribution in [0.2, 0.25) is 0 Å². The number of hydrogen-bond acceptors (Lipinski definition) is 9. The Morgan fingerprint density at radius 3 is 2.15 bits per heavy atom. The highest BCUT2D eigenvalue weighted by atomic mass is 16.5. The molecule has 4 atom stereocenters. The standard InChI is InChI=1S/C50H70N8O8/c1-5-6-7-8-9-13-27-53-44(59)37-19-14-20-38(32-37)45(60)56-41(31-35-23-25-39(26-24-35)66-33-36-17-11-10-12-18-36)46(61)57-42(30-34(2)3)48(63)58-29-16-22-43(58)47(62)55-40(49(64)65-4)21-15-28-54-50(51)52/h10-12,14,17-20,23-26,32,34,40-43H,5-9,13,15-16,21-22,27-31,33H2,1-4H3,(H,53,59)(H,55,62)(H,56,60)(H,57,61)(H4,51,52,54)/t40-,41+,42+,43+/m1/s1. The molecule has 1 fully saturated rings. The van der Waals surface area contributed by atoms with Crippen molar-refractivity contribution < 1.29 is 38.2 Å². The molecule has 1 aliphatic heterocycles. The first-order valence-corrected chi connectivity index (χ1v) is 23.3. The third kappa shape index (κ3) is 17.5. The number of benzene rings is 3. The topological polar surface area (TPSA) is 237 Å². The average Bonchev–Trinajstić information content (AvgIpc) is 3.81. The number of nitrogens with two attached hydrogens (primary N) is 2. The Morgan fingerprint density at radius 1 is 0.773 bits per heavy atom. The summed E-state index contributed by atoms with van der Waals surface area (Å²) in [5.74, 6) is -2.62. The second kappa shape index (κ2) is 27.8. The lowest BCUT2D eigenvalue weighted by atomic mass is 10.00. The molecule has 0 aliphatic carbocycles. The Balaban J connectivity index is 1.52. The van der Waals surface area contributed by atoms with Gasteiger partial charge in [0.1, 0.15) is 36.5 Å². The fourth-order valence-corrected chi connectivity index (χ4v) is 7.79. The van der Waals surface area contributed by atoms with Crippen molar-refractivity contribution in [2.75, 3.05) is 26.7 Å². The maximum atomic E-state index is 14.5. The molecule has 0 radical (unpaired) electrons. The van der Waals surface area contributed by atoms with Crippen LogP contribution < -0.4 is 37.5 Å². The van der Waals surface area contributed by atoms with Crippen LogP contribution in [0.25, 0.3) is 0 Å². The summed E-state index contributed by atoms with van der Waals surface area (Å²) in [6.07, 6.45) is 8.30. The van der Waals surface area contributed by atoms with E-state index in [1.807, 2.05) is 56.3 Å². The molecule has 0 unspecified atom stereocenters. The predicted octanol–water partition coefficient (Wildman–Crippen LogP) is 4.93. The van der Waals surface area contributed by atoms with E-state index < -0.39 is 53.8 Å². The summed E-state index contributed by atoms with van der Waals surface area (Å²) in [6.45, 7) is 7.40. The molecule has 1 saturated heterocycles. The van der Waals surface area contributed by atoms with Crippen LogP contribution in [0.4, 0.5) is 0 Å². The zero-order valence-electron chi connectivity index (χ0n) is 39.0. The summed E-state index contributed by atoms with van der Waals surface area (Å²) >= 11 is 0. The average molecular weight is 911 g/mol. The molecule has 8 N–H and O–H groups in total. The first-order valence-electron chi connectivity index (χ1n) is 23.3. The highest BCUT2D eigenvalue weighted by Gasteiger charge is 2.40. The summed E-state index contributed by atoms with van der Waals surface area (Å²) < 4.78 is 10.9. The van der Waals surface area contributed by atoms with Gasteiger partial charge in [-0.3, -0.25) is 29.0 Å². The van der Waals surface area contributed by atoms with Crippen molar-refractivity contribution in [2.24, 2.45) is 22.4 Å². The lowest BCUT2D eigenvalue weighted by molar-refractivity contribution is -0.147. The summed E-state index contributed by atoms with van der Waals surface area (Å²) in [5.41, 5.74) is 13.1. The fourth-order valence-electron chi connectivity index (χ4n) is 7.79. The van der Waals surface area contributed by atoms with E-state index in [0.29, 0.717) is 49.3 Å². The number of likely N-dealkylation sites (tertiary alicyclic amines) is 1. The van der Waals surface area contributed by atoms with Gasteiger partial charge in [-0.1, -0.05) is 101 Å². The van der Waals surface area contributed by atoms with Gasteiger partial charge in [-0.05, 0) is 85.9 Å². The molecule has 66 heavy (non-hydrogen) atoms. The minimum atomic E-state index is -1.15. The number of rotatable bonds is 27. The smallest absolute Gasteiger partial charge is 0.328 e. The number of esters is 1. The summed E-state index contributed by atoms with van der Waals surface area (Å²) in [6, 6.07) is 19.2. The van der Waals surface area contributed by atoms with Gasteiger partial charge in [0, 0.05) is 37.2 Å². The zero-order valence-corrected chi connectivity index (χ0v) is 39.0. The Morgan fingerprint density at radius 2 is 1.47 bits per heavy atom. The van der Waals surface area contributed by atoms with Gasteiger partial charge in [0.15, 0.2) is 5.96 Å². The summed E-state index contributed by atoms with van der Waals surface area (Å²) in [4.78, 5) is 87.7. The largest absolute Gasteiger partial charge is 0.489 e. The van der Waals surface area contributed by atoms with Gasteiger partial charge in [0.2, 0.25) is 17.7 Å². The van der Waals surface area contributed by atoms with Crippen LogP contribution >= 0.6 is 0 Å². The number of amides is 5. The number of hydrogen-bond donors (Lipinski definition) is 6. The van der Waals surface area contributed by atoms with Crippen LogP contribution in [0.3, 0.4) is 0 Å². The molecule has 0 spiro atoms. The predicted molar refractivity (Wildman–Crippen MR) is 254 cm³/mol. The van der Waals surface area contributed by atoms with Gasteiger partial charge in [0.25, 0.3) is 11.8 Å². The Kier molecular flexibility index (Phi) is 22.0. The van der Waals surface area contributed by atoms with Crippen LogP contribution in [0, 0.1) is 5.92 Å². The van der Waals surface area contributed by atoms with Crippen molar-refractivity contribution >= 4 is 41.5 Å². The van der Waals surface area contributed by atoms with Crippen LogP contribution in [0.15, 0.2) is 83.9 Å². The number of guanidine groups is 1. The van der Waals surface area contributed by atoms with Gasteiger partial charge in [-0.2, -0.15) is 0 Å². The Labute approximate surface area is 389 Å². The molecule has 0 saturated carbocycles. The van der Waals surface area contributed by atoms with Crippen LogP contribution in [-0.4, -0.2) is 97.3 Å². The van der Waals surface area contributed by atoms with Crippen molar-refractivity contribution in [3.63, 3.8) is 0 Å². The number of nitrogens with zero attached hydrogens (tertiary/aromatic N) is 2. The van der Waals surface area contributed by atoms with E-state index in [9.17, 15) is 28.8 Å². The molecule has 358 valence electrons. The number of methoxy groups -OCH3 is 1. The van der Waals surface area contributed by atoms with Crippen molar-refractivity contribution in [3.05, 3.63) is 101 Å². The fraction of sp³-hybridized carbons (Fsp3) is 0.500. The highest BCUT2D eigenvalue weighted by Crippen LogP contribution is 2.22. The SMILES string of the molecule is CCCCCCCCNC(=O)c1cccc(C(=O)N[C@@H](Cc2ccc(OCc3ccccc3)cc2)C(=O)N[C@@H](CC(C)C)C(=O)N2CCC[C@H]2C(=O)N[C@H](CCCN=C(N)N)C(=O)OC)c1. The number of carbonyl (C=O) groups is 6. The Bertz CT molecular complexity index is 2060. The monoisotopic (exact) mass is 911 g/mol. The van der Waals surface area contributed by atoms with E-state index in [4.69, 9.17) is 20.9 Å². The molecule has 16 heteroatoms. The number of nitrogens with one attached hydrogen (secondary N) is 4. The molecule has 3 aromatic carbocycles. The number of ether oxygens (including phenoxy) is 2. The molecule has 1 heterocycles.